The lowest BCUT2D eigenvalue weighted by Crippen LogP contribution is -2.27. The van der Waals surface area contributed by atoms with E-state index in [0.29, 0.717) is 16.6 Å². The van der Waals surface area contributed by atoms with E-state index in [2.05, 4.69) is 4.98 Å². The van der Waals surface area contributed by atoms with Crippen LogP contribution in [0.4, 0.5) is 10.8 Å². The van der Waals surface area contributed by atoms with Gasteiger partial charge in [-0.05, 0) is 42.5 Å². The Morgan fingerprint density at radius 1 is 0.941 bits per heavy atom. The summed E-state index contributed by atoms with van der Waals surface area (Å²) in [6.45, 7) is 0. The first-order chi connectivity index (χ1) is 16.3. The number of ether oxygens (including phenoxy) is 2. The predicted octanol–water partition coefficient (Wildman–Crippen LogP) is 4.54. The summed E-state index contributed by atoms with van der Waals surface area (Å²) in [7, 11) is 1.92. The molecule has 176 valence electrons. The number of methoxy groups -OCH3 is 2. The van der Waals surface area contributed by atoms with E-state index in [9.17, 15) is 13.2 Å². The van der Waals surface area contributed by atoms with Gasteiger partial charge in [0, 0.05) is 25.7 Å². The van der Waals surface area contributed by atoms with Crippen molar-refractivity contribution in [2.24, 2.45) is 0 Å². The van der Waals surface area contributed by atoms with E-state index >= 15 is 0 Å². The first-order valence-electron chi connectivity index (χ1n) is 10.2. The molecule has 1 amide bonds. The number of sulfonamides is 1. The van der Waals surface area contributed by atoms with E-state index in [1.54, 1.807) is 31.4 Å². The molecule has 0 spiro atoms. The standard InChI is InChI=1S/C24H23N3O5S2/c1-26(2)34(29,30)22-14-16(12-13-20(22)32-4)23(28)27(17-8-7-9-18(15-17)31-3)24-25-19-10-5-6-11-21(19)33-24/h5-15H,1-4H3. The maximum absolute atomic E-state index is 13.9. The van der Waals surface area contributed by atoms with Gasteiger partial charge in [-0.2, -0.15) is 0 Å². The summed E-state index contributed by atoms with van der Waals surface area (Å²) in [5.74, 6) is 0.283. The zero-order valence-corrected chi connectivity index (χ0v) is 20.7. The smallest absolute Gasteiger partial charge is 0.264 e. The van der Waals surface area contributed by atoms with E-state index in [-0.39, 0.29) is 16.2 Å². The van der Waals surface area contributed by atoms with Gasteiger partial charge in [-0.3, -0.25) is 9.69 Å². The van der Waals surface area contributed by atoms with E-state index in [1.165, 1.54) is 55.6 Å². The molecule has 0 aliphatic carbocycles. The lowest BCUT2D eigenvalue weighted by atomic mass is 10.1. The topological polar surface area (TPSA) is 89.0 Å². The molecule has 0 radical (unpaired) electrons. The van der Waals surface area contributed by atoms with Crippen LogP contribution in [0.5, 0.6) is 11.5 Å². The van der Waals surface area contributed by atoms with Crippen LogP contribution in [0.2, 0.25) is 0 Å². The number of hydrogen-bond acceptors (Lipinski definition) is 7. The second kappa shape index (κ2) is 9.41. The molecular formula is C24H23N3O5S2. The minimum atomic E-state index is -3.86. The molecule has 0 fully saturated rings. The van der Waals surface area contributed by atoms with Gasteiger partial charge < -0.3 is 9.47 Å². The zero-order valence-electron chi connectivity index (χ0n) is 19.1. The summed E-state index contributed by atoms with van der Waals surface area (Å²) in [5.41, 5.74) is 1.47. The largest absolute Gasteiger partial charge is 0.497 e. The highest BCUT2D eigenvalue weighted by Crippen LogP contribution is 2.36. The van der Waals surface area contributed by atoms with Gasteiger partial charge in [-0.25, -0.2) is 17.7 Å². The fourth-order valence-corrected chi connectivity index (χ4v) is 5.42. The molecule has 1 aromatic heterocycles. The second-order valence-electron chi connectivity index (χ2n) is 7.46. The van der Waals surface area contributed by atoms with Crippen LogP contribution >= 0.6 is 11.3 Å². The Bertz CT molecular complexity index is 1430. The summed E-state index contributed by atoms with van der Waals surface area (Å²) in [6, 6.07) is 19.0. The third-order valence-electron chi connectivity index (χ3n) is 5.16. The Kier molecular flexibility index (Phi) is 6.56. The highest BCUT2D eigenvalue weighted by molar-refractivity contribution is 7.89. The number of anilines is 2. The molecule has 34 heavy (non-hydrogen) atoms. The van der Waals surface area contributed by atoms with Crippen molar-refractivity contribution in [2.75, 3.05) is 33.2 Å². The molecule has 0 aliphatic heterocycles. The van der Waals surface area contributed by atoms with Gasteiger partial charge in [0.05, 0.1) is 30.1 Å². The molecule has 0 saturated carbocycles. The molecule has 0 atom stereocenters. The average Bonchev–Trinajstić information content (AvgIpc) is 3.27. The minimum Gasteiger partial charge on any atom is -0.497 e. The lowest BCUT2D eigenvalue weighted by molar-refractivity contribution is 0.0999. The van der Waals surface area contributed by atoms with E-state index in [4.69, 9.17) is 9.47 Å². The van der Waals surface area contributed by atoms with Crippen molar-refractivity contribution in [3.05, 3.63) is 72.3 Å². The number of amides is 1. The van der Waals surface area contributed by atoms with Gasteiger partial charge >= 0.3 is 0 Å². The van der Waals surface area contributed by atoms with Crippen LogP contribution in [-0.2, 0) is 10.0 Å². The van der Waals surface area contributed by atoms with Crippen molar-refractivity contribution in [1.82, 2.24) is 9.29 Å². The quantitative estimate of drug-likeness (QED) is 0.372. The maximum atomic E-state index is 13.9. The fraction of sp³-hybridized carbons (Fsp3) is 0.167. The summed E-state index contributed by atoms with van der Waals surface area (Å²) in [4.78, 5) is 19.9. The molecule has 0 unspecified atom stereocenters. The first-order valence-corrected chi connectivity index (χ1v) is 12.5. The van der Waals surface area contributed by atoms with Crippen LogP contribution in [-0.4, -0.2) is 51.9 Å². The molecule has 4 rings (SSSR count). The molecule has 0 saturated heterocycles. The Labute approximate surface area is 202 Å². The summed E-state index contributed by atoms with van der Waals surface area (Å²) >= 11 is 1.36. The van der Waals surface area contributed by atoms with E-state index < -0.39 is 15.9 Å². The summed E-state index contributed by atoms with van der Waals surface area (Å²) < 4.78 is 38.4. The lowest BCUT2D eigenvalue weighted by Gasteiger charge is -2.22. The number of benzene rings is 3. The SMILES string of the molecule is COc1cccc(N(C(=O)c2ccc(OC)c(S(=O)(=O)N(C)C)c2)c2nc3ccccc3s2)c1. The van der Waals surface area contributed by atoms with Crippen molar-refractivity contribution >= 4 is 48.3 Å². The number of aromatic nitrogens is 1. The number of rotatable bonds is 7. The van der Waals surface area contributed by atoms with Crippen molar-refractivity contribution in [3.8, 4) is 11.5 Å². The fourth-order valence-electron chi connectivity index (χ4n) is 3.36. The highest BCUT2D eigenvalue weighted by atomic mass is 32.2. The van der Waals surface area contributed by atoms with Crippen LogP contribution in [0.1, 0.15) is 10.4 Å². The molecule has 0 N–H and O–H groups in total. The van der Waals surface area contributed by atoms with Crippen LogP contribution in [0.3, 0.4) is 0 Å². The minimum absolute atomic E-state index is 0.0965. The Morgan fingerprint density at radius 2 is 1.71 bits per heavy atom. The first kappa shape index (κ1) is 23.7. The normalized spacial score (nSPS) is 11.6. The number of para-hydroxylation sites is 1. The van der Waals surface area contributed by atoms with Crippen molar-refractivity contribution in [1.29, 1.82) is 0 Å². The average molecular weight is 498 g/mol. The molecule has 8 nitrogen and oxygen atoms in total. The van der Waals surface area contributed by atoms with E-state index in [0.717, 1.165) is 14.5 Å². The van der Waals surface area contributed by atoms with Crippen molar-refractivity contribution in [2.45, 2.75) is 4.90 Å². The van der Waals surface area contributed by atoms with Crippen LogP contribution in [0, 0.1) is 0 Å². The van der Waals surface area contributed by atoms with Gasteiger partial charge in [-0.1, -0.05) is 29.5 Å². The number of carbonyl (C=O) groups excluding carboxylic acids is 1. The molecule has 10 heteroatoms. The molecule has 3 aromatic carbocycles. The number of nitrogens with zero attached hydrogens (tertiary/aromatic N) is 3. The van der Waals surface area contributed by atoms with Crippen LogP contribution in [0.25, 0.3) is 10.2 Å². The van der Waals surface area contributed by atoms with Gasteiger partial charge in [0.1, 0.15) is 16.4 Å². The Balaban J connectivity index is 1.89. The van der Waals surface area contributed by atoms with Crippen molar-refractivity contribution < 1.29 is 22.7 Å². The number of carbonyl (C=O) groups is 1. The number of thiazole rings is 1. The number of hydrogen-bond donors (Lipinski definition) is 0. The van der Waals surface area contributed by atoms with Gasteiger partial charge in [0.2, 0.25) is 10.0 Å². The Morgan fingerprint density at radius 3 is 2.38 bits per heavy atom. The predicted molar refractivity (Wildman–Crippen MR) is 133 cm³/mol. The molecule has 1 heterocycles. The Hall–Kier alpha value is -3.47. The molecular weight excluding hydrogens is 474 g/mol. The maximum Gasteiger partial charge on any atom is 0.264 e. The summed E-state index contributed by atoms with van der Waals surface area (Å²) in [6.07, 6.45) is 0. The molecule has 0 bridgehead atoms. The monoisotopic (exact) mass is 497 g/mol. The van der Waals surface area contributed by atoms with E-state index in [1.807, 2.05) is 24.3 Å². The van der Waals surface area contributed by atoms with Crippen LogP contribution in [0.15, 0.2) is 71.6 Å². The van der Waals surface area contributed by atoms with Gasteiger partial charge in [0.25, 0.3) is 5.91 Å². The zero-order chi connectivity index (χ0) is 24.5. The molecule has 0 aliphatic rings. The van der Waals surface area contributed by atoms with Crippen LogP contribution < -0.4 is 14.4 Å². The van der Waals surface area contributed by atoms with Gasteiger partial charge in [0.15, 0.2) is 5.13 Å². The second-order valence-corrected chi connectivity index (χ2v) is 10.6. The van der Waals surface area contributed by atoms with Gasteiger partial charge in [-0.15, -0.1) is 0 Å². The third kappa shape index (κ3) is 4.35. The number of fused-ring (bicyclic) bond motifs is 1. The van der Waals surface area contributed by atoms with Crippen molar-refractivity contribution in [3.63, 3.8) is 0 Å². The highest BCUT2D eigenvalue weighted by Gasteiger charge is 2.28. The molecule has 4 aromatic rings. The summed E-state index contributed by atoms with van der Waals surface area (Å²) in [5, 5.41) is 0.451. The third-order valence-corrected chi connectivity index (χ3v) is 8.02.